The molecule has 1 aromatic carbocycles. The van der Waals surface area contributed by atoms with Crippen molar-refractivity contribution in [3.8, 4) is 0 Å². The van der Waals surface area contributed by atoms with Crippen molar-refractivity contribution >= 4 is 39.1 Å². The highest BCUT2D eigenvalue weighted by Gasteiger charge is 2.29. The first kappa shape index (κ1) is 26.8. The molecule has 0 bridgehead atoms. The molecule has 0 radical (unpaired) electrons. The Morgan fingerprint density at radius 2 is 1.95 bits per heavy atom. The number of aryl methyl sites for hydroxylation is 1. The number of carbonyl (C=O) groups excluding carboxylic acids is 3. The Kier molecular flexibility index (Phi) is 8.26. The summed E-state index contributed by atoms with van der Waals surface area (Å²) in [6.45, 7) is 9.06. The van der Waals surface area contributed by atoms with Crippen molar-refractivity contribution in [1.82, 2.24) is 29.9 Å². The fourth-order valence-corrected chi connectivity index (χ4v) is 5.68. The number of thiophene rings is 1. The van der Waals surface area contributed by atoms with E-state index in [2.05, 4.69) is 29.2 Å². The van der Waals surface area contributed by atoms with E-state index in [4.69, 9.17) is 0 Å². The van der Waals surface area contributed by atoms with Gasteiger partial charge in [-0.15, -0.1) is 11.3 Å². The second-order valence-corrected chi connectivity index (χ2v) is 11.2. The summed E-state index contributed by atoms with van der Waals surface area (Å²) in [6, 6.07) is 8.92. The number of aromatic nitrogens is 3. The van der Waals surface area contributed by atoms with Gasteiger partial charge in [0, 0.05) is 31.3 Å². The Morgan fingerprint density at radius 1 is 1.19 bits per heavy atom. The second kappa shape index (κ2) is 11.4. The minimum atomic E-state index is -0.626. The van der Waals surface area contributed by atoms with E-state index in [0.717, 1.165) is 10.1 Å². The zero-order chi connectivity index (χ0) is 26.7. The van der Waals surface area contributed by atoms with E-state index >= 15 is 0 Å². The lowest BCUT2D eigenvalue weighted by Crippen LogP contribution is -2.47. The highest BCUT2D eigenvalue weighted by Crippen LogP contribution is 2.27. The van der Waals surface area contributed by atoms with Crippen LogP contribution in [-0.2, 0) is 16.1 Å². The molecule has 1 aliphatic rings. The maximum Gasteiger partial charge on any atom is 0.264 e. The Balaban J connectivity index is 1.66. The highest BCUT2D eigenvalue weighted by molar-refractivity contribution is 7.20. The molecule has 2 aromatic heterocycles. The van der Waals surface area contributed by atoms with E-state index in [1.165, 1.54) is 16.2 Å². The third kappa shape index (κ3) is 6.18. The third-order valence-electron chi connectivity index (χ3n) is 6.82. The molecule has 0 unspecified atom stereocenters. The molecular formula is C27H36N6O3S. The number of amides is 3. The van der Waals surface area contributed by atoms with Gasteiger partial charge in [0.15, 0.2) is 0 Å². The molecule has 0 saturated carbocycles. The summed E-state index contributed by atoms with van der Waals surface area (Å²) in [6.07, 6.45) is 1.44. The topological polar surface area (TPSA) is 100 Å². The van der Waals surface area contributed by atoms with Crippen LogP contribution >= 0.6 is 11.3 Å². The molecule has 10 heteroatoms. The van der Waals surface area contributed by atoms with Gasteiger partial charge in [-0.3, -0.25) is 14.4 Å². The van der Waals surface area contributed by atoms with Crippen molar-refractivity contribution < 1.29 is 14.4 Å². The number of hydrogen-bond acceptors (Lipinski definition) is 6. The number of carbonyl (C=O) groups is 3. The van der Waals surface area contributed by atoms with Gasteiger partial charge in [0.1, 0.15) is 17.7 Å². The van der Waals surface area contributed by atoms with Crippen LogP contribution < -0.4 is 5.32 Å². The van der Waals surface area contributed by atoms with Gasteiger partial charge in [0.2, 0.25) is 11.8 Å². The Bertz CT molecular complexity index is 1250. The van der Waals surface area contributed by atoms with Gasteiger partial charge >= 0.3 is 0 Å². The van der Waals surface area contributed by atoms with Gasteiger partial charge in [0.05, 0.1) is 17.5 Å². The van der Waals surface area contributed by atoms with Crippen molar-refractivity contribution in [3.05, 3.63) is 46.9 Å². The van der Waals surface area contributed by atoms with E-state index in [1.807, 2.05) is 46.8 Å². The predicted molar refractivity (Wildman–Crippen MR) is 144 cm³/mol. The summed E-state index contributed by atoms with van der Waals surface area (Å²) < 4.78 is 2.89. The van der Waals surface area contributed by atoms with Crippen LogP contribution in [0.25, 0.3) is 10.1 Å². The number of rotatable bonds is 3. The molecule has 1 N–H and O–H groups in total. The van der Waals surface area contributed by atoms with Crippen LogP contribution in [0.1, 0.15) is 67.4 Å². The van der Waals surface area contributed by atoms with E-state index in [-0.39, 0.29) is 30.2 Å². The van der Waals surface area contributed by atoms with Crippen LogP contribution in [0.3, 0.4) is 0 Å². The molecule has 0 fully saturated rings. The van der Waals surface area contributed by atoms with Crippen LogP contribution in [0.15, 0.2) is 30.3 Å². The maximum atomic E-state index is 13.6. The van der Waals surface area contributed by atoms with Crippen LogP contribution in [-0.4, -0.2) is 68.5 Å². The van der Waals surface area contributed by atoms with Crippen molar-refractivity contribution in [2.75, 3.05) is 20.1 Å². The molecule has 2 atom stereocenters. The molecule has 3 aromatic rings. The predicted octanol–water partition coefficient (Wildman–Crippen LogP) is 3.79. The van der Waals surface area contributed by atoms with Crippen molar-refractivity contribution in [3.63, 3.8) is 0 Å². The lowest BCUT2D eigenvalue weighted by Gasteiger charge is -2.29. The first-order valence-corrected chi connectivity index (χ1v) is 13.7. The van der Waals surface area contributed by atoms with Crippen LogP contribution in [0.4, 0.5) is 0 Å². The summed E-state index contributed by atoms with van der Waals surface area (Å²) in [5, 5.41) is 8.76. The van der Waals surface area contributed by atoms with Crippen molar-refractivity contribution in [2.24, 2.45) is 5.92 Å². The SMILES string of the molecule is Cc1nc2n(n1)CCN(C(=O)c1cc3ccccc3s1)CCCC(=O)N(C)[C@@H](C)C(=O)N[C@@H]2CC(C)C. The standard InChI is InChI=1S/C27H36N6O3S/c1-17(2)15-21-25-28-19(4)30-33(25)14-13-32(12-8-11-24(34)31(5)18(3)26(35)29-21)27(36)23-16-20-9-6-7-10-22(20)37-23/h6-7,9-10,16-18,21H,8,11-15H2,1-5H3,(H,29,35)/t18-,21+/m0/s1. The molecule has 3 heterocycles. The number of hydrogen-bond donors (Lipinski definition) is 1. The lowest BCUT2D eigenvalue weighted by molar-refractivity contribution is -0.138. The van der Waals surface area contributed by atoms with Gasteiger partial charge in [-0.05, 0) is 50.1 Å². The minimum Gasteiger partial charge on any atom is -0.344 e. The number of benzene rings is 1. The Hall–Kier alpha value is -3.27. The Morgan fingerprint density at radius 3 is 2.68 bits per heavy atom. The van der Waals surface area contributed by atoms with Crippen molar-refractivity contribution in [2.45, 2.75) is 65.6 Å². The molecular weight excluding hydrogens is 488 g/mol. The molecule has 3 amide bonds. The summed E-state index contributed by atoms with van der Waals surface area (Å²) in [5.41, 5.74) is 0. The van der Waals surface area contributed by atoms with Gasteiger partial charge < -0.3 is 15.1 Å². The molecule has 0 spiro atoms. The largest absolute Gasteiger partial charge is 0.344 e. The lowest BCUT2D eigenvalue weighted by atomic mass is 10.0. The van der Waals surface area contributed by atoms with Crippen LogP contribution in [0, 0.1) is 12.8 Å². The van der Waals surface area contributed by atoms with Crippen molar-refractivity contribution in [1.29, 1.82) is 0 Å². The van der Waals surface area contributed by atoms with E-state index in [0.29, 0.717) is 54.9 Å². The number of nitrogens with one attached hydrogen (secondary N) is 1. The number of likely N-dealkylation sites (N-methyl/N-ethyl adjacent to an activating group) is 1. The zero-order valence-electron chi connectivity index (χ0n) is 22.2. The third-order valence-corrected chi connectivity index (χ3v) is 7.92. The molecule has 4 rings (SSSR count). The zero-order valence-corrected chi connectivity index (χ0v) is 23.0. The molecule has 0 saturated heterocycles. The van der Waals surface area contributed by atoms with Gasteiger partial charge in [-0.1, -0.05) is 32.0 Å². The number of nitrogens with zero attached hydrogens (tertiary/aromatic N) is 5. The van der Waals surface area contributed by atoms with E-state index < -0.39 is 6.04 Å². The molecule has 9 nitrogen and oxygen atoms in total. The second-order valence-electron chi connectivity index (χ2n) is 10.2. The van der Waals surface area contributed by atoms with Gasteiger partial charge in [0.25, 0.3) is 5.91 Å². The summed E-state index contributed by atoms with van der Waals surface area (Å²) in [5.74, 6) is 1.21. The summed E-state index contributed by atoms with van der Waals surface area (Å²) in [7, 11) is 1.66. The minimum absolute atomic E-state index is 0.0483. The monoisotopic (exact) mass is 524 g/mol. The highest BCUT2D eigenvalue weighted by atomic mass is 32.1. The van der Waals surface area contributed by atoms with E-state index in [9.17, 15) is 14.4 Å². The molecule has 37 heavy (non-hydrogen) atoms. The quantitative estimate of drug-likeness (QED) is 0.562. The van der Waals surface area contributed by atoms with Gasteiger partial charge in [-0.25, -0.2) is 9.67 Å². The number of fused-ring (bicyclic) bond motifs is 2. The molecule has 1 aliphatic heterocycles. The first-order valence-electron chi connectivity index (χ1n) is 12.9. The normalized spacial score (nSPS) is 20.2. The van der Waals surface area contributed by atoms with E-state index in [1.54, 1.807) is 14.0 Å². The summed E-state index contributed by atoms with van der Waals surface area (Å²) in [4.78, 5) is 48.2. The average Bonchev–Trinajstić information content (AvgIpc) is 3.46. The fourth-order valence-electron chi connectivity index (χ4n) is 4.65. The average molecular weight is 525 g/mol. The smallest absolute Gasteiger partial charge is 0.264 e. The molecule has 0 aliphatic carbocycles. The van der Waals surface area contributed by atoms with Crippen LogP contribution in [0.5, 0.6) is 0 Å². The summed E-state index contributed by atoms with van der Waals surface area (Å²) >= 11 is 1.48. The Labute approximate surface area is 221 Å². The fraction of sp³-hybridized carbons (Fsp3) is 0.519. The van der Waals surface area contributed by atoms with Crippen LogP contribution in [0.2, 0.25) is 0 Å². The maximum absolute atomic E-state index is 13.6. The first-order chi connectivity index (χ1) is 17.6. The van der Waals surface area contributed by atoms with Gasteiger partial charge in [-0.2, -0.15) is 5.10 Å². The molecule has 198 valence electrons.